The summed E-state index contributed by atoms with van der Waals surface area (Å²) in [5.74, 6) is -2.03. The summed E-state index contributed by atoms with van der Waals surface area (Å²) in [5, 5.41) is 0. The number of amides is 3. The smallest absolute Gasteiger partial charge is 0.313 e. The van der Waals surface area contributed by atoms with Gasteiger partial charge in [0.15, 0.2) is 6.73 Å². The van der Waals surface area contributed by atoms with Crippen LogP contribution in [0.25, 0.3) is 0 Å². The van der Waals surface area contributed by atoms with Crippen LogP contribution in [-0.2, 0) is 14.3 Å². The molecular weight excluding hydrogens is 376 g/mol. The number of fused-ring (bicyclic) bond motifs is 1. The van der Waals surface area contributed by atoms with Crippen molar-refractivity contribution < 1.29 is 28.7 Å². The van der Waals surface area contributed by atoms with Gasteiger partial charge in [-0.15, -0.1) is 0 Å². The lowest BCUT2D eigenvalue weighted by atomic mass is 10.1. The Labute approximate surface area is 166 Å². The van der Waals surface area contributed by atoms with E-state index < -0.39 is 30.4 Å². The predicted molar refractivity (Wildman–Crippen MR) is 101 cm³/mol. The molecular formula is C21H18N2O6. The van der Waals surface area contributed by atoms with Crippen molar-refractivity contribution in [2.75, 3.05) is 25.3 Å². The van der Waals surface area contributed by atoms with Crippen molar-refractivity contribution in [3.63, 3.8) is 0 Å². The average molecular weight is 394 g/mol. The minimum absolute atomic E-state index is 0.0149. The minimum Gasteiger partial charge on any atom is -0.495 e. The van der Waals surface area contributed by atoms with Crippen molar-refractivity contribution in [3.05, 3.63) is 59.7 Å². The van der Waals surface area contributed by atoms with Crippen molar-refractivity contribution in [2.24, 2.45) is 5.92 Å². The Balaban J connectivity index is 1.41. The van der Waals surface area contributed by atoms with Crippen LogP contribution >= 0.6 is 0 Å². The summed E-state index contributed by atoms with van der Waals surface area (Å²) in [6, 6.07) is 13.5. The molecule has 0 aliphatic carbocycles. The zero-order chi connectivity index (χ0) is 20.5. The summed E-state index contributed by atoms with van der Waals surface area (Å²) in [6.07, 6.45) is -0.0149. The highest BCUT2D eigenvalue weighted by molar-refractivity contribution is 6.21. The predicted octanol–water partition coefficient (Wildman–Crippen LogP) is 1.84. The van der Waals surface area contributed by atoms with Crippen LogP contribution in [-0.4, -0.2) is 49.0 Å². The molecule has 2 aliphatic heterocycles. The van der Waals surface area contributed by atoms with E-state index in [-0.39, 0.29) is 30.0 Å². The van der Waals surface area contributed by atoms with E-state index in [1.807, 2.05) is 0 Å². The van der Waals surface area contributed by atoms with E-state index in [9.17, 15) is 19.2 Å². The quantitative estimate of drug-likeness (QED) is 0.568. The van der Waals surface area contributed by atoms with Crippen LogP contribution in [0.5, 0.6) is 5.75 Å². The molecule has 4 rings (SSSR count). The van der Waals surface area contributed by atoms with Gasteiger partial charge in [-0.2, -0.15) is 0 Å². The van der Waals surface area contributed by atoms with E-state index >= 15 is 0 Å². The highest BCUT2D eigenvalue weighted by atomic mass is 16.5. The largest absolute Gasteiger partial charge is 0.495 e. The lowest BCUT2D eigenvalue weighted by molar-refractivity contribution is -0.151. The third kappa shape index (κ3) is 3.22. The topological polar surface area (TPSA) is 93.2 Å². The summed E-state index contributed by atoms with van der Waals surface area (Å²) in [4.78, 5) is 51.9. The molecule has 1 fully saturated rings. The number of methoxy groups -OCH3 is 1. The molecule has 1 saturated heterocycles. The van der Waals surface area contributed by atoms with Crippen LogP contribution in [0.15, 0.2) is 48.5 Å². The molecule has 2 aromatic rings. The Hall–Kier alpha value is -3.68. The fraction of sp³-hybridized carbons (Fsp3) is 0.238. The summed E-state index contributed by atoms with van der Waals surface area (Å²) >= 11 is 0. The molecule has 2 aromatic carbocycles. The van der Waals surface area contributed by atoms with Crippen molar-refractivity contribution in [2.45, 2.75) is 6.42 Å². The van der Waals surface area contributed by atoms with Crippen molar-refractivity contribution >= 4 is 29.4 Å². The number of esters is 1. The molecule has 0 saturated carbocycles. The van der Waals surface area contributed by atoms with Crippen molar-refractivity contribution in [1.82, 2.24) is 4.90 Å². The lowest BCUT2D eigenvalue weighted by Crippen LogP contribution is -2.35. The maximum Gasteiger partial charge on any atom is 0.313 e. The van der Waals surface area contributed by atoms with Crippen molar-refractivity contribution in [3.8, 4) is 5.75 Å². The Bertz CT molecular complexity index is 983. The molecule has 0 unspecified atom stereocenters. The maximum atomic E-state index is 12.5. The molecule has 0 N–H and O–H groups in total. The van der Waals surface area contributed by atoms with Gasteiger partial charge in [0.25, 0.3) is 11.8 Å². The van der Waals surface area contributed by atoms with Gasteiger partial charge in [-0.3, -0.25) is 19.2 Å². The Morgan fingerprint density at radius 3 is 2.28 bits per heavy atom. The van der Waals surface area contributed by atoms with Crippen LogP contribution in [0.2, 0.25) is 0 Å². The third-order valence-corrected chi connectivity index (χ3v) is 5.05. The van der Waals surface area contributed by atoms with Gasteiger partial charge in [-0.05, 0) is 24.3 Å². The molecule has 0 aromatic heterocycles. The highest BCUT2D eigenvalue weighted by Gasteiger charge is 2.39. The van der Waals surface area contributed by atoms with E-state index in [0.29, 0.717) is 11.4 Å². The van der Waals surface area contributed by atoms with Crippen LogP contribution < -0.4 is 9.64 Å². The van der Waals surface area contributed by atoms with E-state index in [1.165, 1.54) is 12.0 Å². The van der Waals surface area contributed by atoms with Gasteiger partial charge in [-0.1, -0.05) is 24.3 Å². The first kappa shape index (κ1) is 18.7. The van der Waals surface area contributed by atoms with Gasteiger partial charge in [0.2, 0.25) is 5.91 Å². The molecule has 0 spiro atoms. The van der Waals surface area contributed by atoms with Crippen LogP contribution in [0.4, 0.5) is 5.69 Å². The molecule has 8 nitrogen and oxygen atoms in total. The van der Waals surface area contributed by atoms with Gasteiger partial charge < -0.3 is 14.4 Å². The van der Waals surface area contributed by atoms with Gasteiger partial charge in [0, 0.05) is 13.0 Å². The minimum atomic E-state index is -0.692. The fourth-order valence-corrected chi connectivity index (χ4v) is 3.55. The monoisotopic (exact) mass is 394 g/mol. The maximum absolute atomic E-state index is 12.5. The molecule has 0 radical (unpaired) electrons. The van der Waals surface area contributed by atoms with E-state index in [0.717, 1.165) is 4.90 Å². The number of hydrogen-bond acceptors (Lipinski definition) is 6. The number of imide groups is 1. The van der Waals surface area contributed by atoms with Gasteiger partial charge in [0.1, 0.15) is 5.75 Å². The lowest BCUT2D eigenvalue weighted by Gasteiger charge is -2.19. The Morgan fingerprint density at radius 1 is 1.00 bits per heavy atom. The number of nitrogens with zero attached hydrogens (tertiary/aromatic N) is 2. The molecule has 148 valence electrons. The Kier molecular flexibility index (Phi) is 4.75. The highest BCUT2D eigenvalue weighted by Crippen LogP contribution is 2.33. The number of benzene rings is 2. The number of carbonyl (C=O) groups excluding carboxylic acids is 4. The second kappa shape index (κ2) is 7.38. The molecule has 29 heavy (non-hydrogen) atoms. The van der Waals surface area contributed by atoms with Gasteiger partial charge in [-0.25, -0.2) is 4.90 Å². The first-order valence-corrected chi connectivity index (χ1v) is 9.06. The first-order valence-electron chi connectivity index (χ1n) is 9.06. The average Bonchev–Trinajstić information content (AvgIpc) is 3.25. The summed E-state index contributed by atoms with van der Waals surface area (Å²) in [7, 11) is 1.51. The van der Waals surface area contributed by atoms with Gasteiger partial charge in [0.05, 0.1) is 29.8 Å². The van der Waals surface area contributed by atoms with Crippen LogP contribution in [0, 0.1) is 5.92 Å². The van der Waals surface area contributed by atoms with E-state index in [4.69, 9.17) is 9.47 Å². The number of hydrogen-bond donors (Lipinski definition) is 0. The second-order valence-electron chi connectivity index (χ2n) is 6.75. The molecule has 3 amide bonds. The normalized spacial score (nSPS) is 18.2. The molecule has 8 heteroatoms. The molecule has 2 heterocycles. The Morgan fingerprint density at radius 2 is 1.62 bits per heavy atom. The number of para-hydroxylation sites is 2. The summed E-state index contributed by atoms with van der Waals surface area (Å²) in [6.45, 7) is -0.343. The van der Waals surface area contributed by atoms with Crippen LogP contribution in [0.1, 0.15) is 27.1 Å². The number of ether oxygens (including phenoxy) is 2. The first-order chi connectivity index (χ1) is 14.0. The number of carbonyl (C=O) groups is 4. The third-order valence-electron chi connectivity index (χ3n) is 5.05. The van der Waals surface area contributed by atoms with Crippen molar-refractivity contribution in [1.29, 1.82) is 0 Å². The summed E-state index contributed by atoms with van der Waals surface area (Å²) < 4.78 is 10.5. The fourth-order valence-electron chi connectivity index (χ4n) is 3.55. The molecule has 0 bridgehead atoms. The standard InChI is InChI=1S/C21H18N2O6/c1-28-17-9-5-4-8-16(17)22-11-13(10-18(22)24)21(27)29-12-23-19(25)14-6-2-3-7-15(14)20(23)26/h2-9,13H,10-12H2,1H3/t13-/m1/s1. The molecule has 1 atom stereocenters. The zero-order valence-electron chi connectivity index (χ0n) is 15.7. The van der Waals surface area contributed by atoms with Gasteiger partial charge >= 0.3 is 5.97 Å². The number of rotatable bonds is 5. The molecule has 2 aliphatic rings. The zero-order valence-corrected chi connectivity index (χ0v) is 15.7. The second-order valence-corrected chi connectivity index (χ2v) is 6.75. The van der Waals surface area contributed by atoms with Crippen LogP contribution in [0.3, 0.4) is 0 Å². The van der Waals surface area contributed by atoms with E-state index in [1.54, 1.807) is 48.5 Å². The van der Waals surface area contributed by atoms with E-state index in [2.05, 4.69) is 0 Å². The summed E-state index contributed by atoms with van der Waals surface area (Å²) in [5.41, 5.74) is 1.15. The SMILES string of the molecule is COc1ccccc1N1C[C@H](C(=O)OCN2C(=O)c3ccccc3C2=O)CC1=O. The number of anilines is 1.